The molecule has 88 valence electrons. The highest BCUT2D eigenvalue weighted by molar-refractivity contribution is 5.69. The molecule has 2 atom stereocenters. The first-order chi connectivity index (χ1) is 7.72. The number of rotatable bonds is 0. The van der Waals surface area contributed by atoms with Crippen LogP contribution in [-0.4, -0.2) is 12.3 Å². The zero-order chi connectivity index (χ0) is 11.7. The van der Waals surface area contributed by atoms with E-state index in [1.807, 2.05) is 13.8 Å². The maximum Gasteiger partial charge on any atom is 0.174 e. The summed E-state index contributed by atoms with van der Waals surface area (Å²) < 4.78 is 13.0. The molecule has 0 bridgehead atoms. The number of anilines is 2. The average Bonchev–Trinajstić information content (AvgIpc) is 2.76. The van der Waals surface area contributed by atoms with Crippen molar-refractivity contribution in [3.63, 3.8) is 0 Å². The van der Waals surface area contributed by atoms with Crippen LogP contribution in [0.5, 0.6) is 0 Å². The molecule has 2 nitrogen and oxygen atoms in total. The summed E-state index contributed by atoms with van der Waals surface area (Å²) >= 11 is 0. The van der Waals surface area contributed by atoms with Gasteiger partial charge in [-0.15, -0.1) is 0 Å². The van der Waals surface area contributed by atoms with Crippen LogP contribution in [-0.2, 0) is 12.8 Å². The Morgan fingerprint density at radius 3 is 2.31 bits per heavy atom. The van der Waals surface area contributed by atoms with Crippen LogP contribution in [0.25, 0.3) is 0 Å². The second-order valence-corrected chi connectivity index (χ2v) is 4.23. The Bertz CT molecular complexity index is 322. The summed E-state index contributed by atoms with van der Waals surface area (Å²) in [4.78, 5) is 0. The fraction of sp³-hybridized carbons (Fsp3) is 0.538. The monoisotopic (exact) mass is 222 g/mol. The lowest BCUT2D eigenvalue weighted by Crippen LogP contribution is -2.08. The van der Waals surface area contributed by atoms with E-state index < -0.39 is 6.30 Å². The standard InChI is InChI=1S/C11H13FN2.C2H6/c1-6-2-7-3-10-8(4-9(7)13-6)5-11(12)14-10;1-2/h3-4,6,11,13-14H,2,5H2,1H3;1-2H3. The minimum absolute atomic E-state index is 0.499. The lowest BCUT2D eigenvalue weighted by molar-refractivity contribution is 0.384. The molecule has 0 saturated heterocycles. The van der Waals surface area contributed by atoms with Gasteiger partial charge in [-0.05, 0) is 36.6 Å². The normalized spacial score (nSPS) is 24.8. The van der Waals surface area contributed by atoms with Gasteiger partial charge in [-0.25, -0.2) is 4.39 Å². The summed E-state index contributed by atoms with van der Waals surface area (Å²) in [6, 6.07) is 4.68. The number of hydrogen-bond acceptors (Lipinski definition) is 2. The third-order valence-corrected chi connectivity index (χ3v) is 2.97. The fourth-order valence-electron chi connectivity index (χ4n) is 2.36. The quantitative estimate of drug-likeness (QED) is 0.658. The molecule has 1 aromatic carbocycles. The van der Waals surface area contributed by atoms with Gasteiger partial charge in [-0.2, -0.15) is 0 Å². The molecule has 0 radical (unpaired) electrons. The van der Waals surface area contributed by atoms with Crippen LogP contribution in [0.15, 0.2) is 12.1 Å². The molecule has 0 saturated carbocycles. The first-order valence-corrected chi connectivity index (χ1v) is 6.05. The molecule has 2 unspecified atom stereocenters. The summed E-state index contributed by atoms with van der Waals surface area (Å²) in [6.45, 7) is 6.16. The van der Waals surface area contributed by atoms with Crippen molar-refractivity contribution in [1.82, 2.24) is 0 Å². The van der Waals surface area contributed by atoms with Crippen LogP contribution >= 0.6 is 0 Å². The van der Waals surface area contributed by atoms with E-state index in [-0.39, 0.29) is 0 Å². The lowest BCUT2D eigenvalue weighted by atomic mass is 10.1. The van der Waals surface area contributed by atoms with Gasteiger partial charge in [0.05, 0.1) is 0 Å². The molecule has 1 aromatic rings. The molecule has 3 heteroatoms. The van der Waals surface area contributed by atoms with Crippen molar-refractivity contribution >= 4 is 11.4 Å². The van der Waals surface area contributed by atoms with Gasteiger partial charge in [-0.3, -0.25) is 0 Å². The minimum atomic E-state index is -0.898. The number of alkyl halides is 1. The third kappa shape index (κ3) is 1.86. The van der Waals surface area contributed by atoms with Gasteiger partial charge in [0, 0.05) is 23.8 Å². The smallest absolute Gasteiger partial charge is 0.174 e. The number of hydrogen-bond donors (Lipinski definition) is 2. The molecular formula is C13H19FN2. The molecular weight excluding hydrogens is 203 g/mol. The molecule has 0 fully saturated rings. The zero-order valence-electron chi connectivity index (χ0n) is 10.1. The highest BCUT2D eigenvalue weighted by Gasteiger charge is 2.24. The van der Waals surface area contributed by atoms with E-state index in [1.54, 1.807) is 0 Å². The van der Waals surface area contributed by atoms with Gasteiger partial charge in [0.15, 0.2) is 6.30 Å². The highest BCUT2D eigenvalue weighted by Crippen LogP contribution is 2.35. The van der Waals surface area contributed by atoms with Crippen LogP contribution in [0.2, 0.25) is 0 Å². The largest absolute Gasteiger partial charge is 0.382 e. The predicted octanol–water partition coefficient (Wildman–Crippen LogP) is 3.33. The fourth-order valence-corrected chi connectivity index (χ4v) is 2.36. The second kappa shape index (κ2) is 4.32. The molecule has 2 aliphatic rings. The molecule has 2 aliphatic heterocycles. The van der Waals surface area contributed by atoms with Crippen LogP contribution in [0.4, 0.5) is 15.8 Å². The van der Waals surface area contributed by atoms with Gasteiger partial charge in [0.25, 0.3) is 0 Å². The van der Waals surface area contributed by atoms with Crippen molar-refractivity contribution in [2.24, 2.45) is 0 Å². The van der Waals surface area contributed by atoms with Crippen molar-refractivity contribution in [1.29, 1.82) is 0 Å². The maximum atomic E-state index is 13.0. The van der Waals surface area contributed by atoms with Crippen LogP contribution in [0.3, 0.4) is 0 Å². The Hall–Kier alpha value is -1.25. The van der Waals surface area contributed by atoms with E-state index >= 15 is 0 Å². The van der Waals surface area contributed by atoms with E-state index in [4.69, 9.17) is 0 Å². The van der Waals surface area contributed by atoms with E-state index in [0.29, 0.717) is 12.5 Å². The molecule has 0 amide bonds. The Kier molecular flexibility index (Phi) is 3.03. The van der Waals surface area contributed by atoms with Crippen molar-refractivity contribution in [3.05, 3.63) is 23.3 Å². The van der Waals surface area contributed by atoms with Gasteiger partial charge in [-0.1, -0.05) is 13.8 Å². The van der Waals surface area contributed by atoms with E-state index in [2.05, 4.69) is 29.7 Å². The Morgan fingerprint density at radius 1 is 1.06 bits per heavy atom. The van der Waals surface area contributed by atoms with E-state index in [9.17, 15) is 4.39 Å². The molecule has 3 rings (SSSR count). The summed E-state index contributed by atoms with van der Waals surface area (Å²) in [5, 5.41) is 6.24. The Morgan fingerprint density at radius 2 is 1.62 bits per heavy atom. The SMILES string of the molecule is CC.CC1Cc2cc3c(cc2N1)CC(F)N3. The van der Waals surface area contributed by atoms with Gasteiger partial charge in [0.2, 0.25) is 0 Å². The summed E-state index contributed by atoms with van der Waals surface area (Å²) in [7, 11) is 0. The first kappa shape index (κ1) is 11.2. The molecule has 2 N–H and O–H groups in total. The van der Waals surface area contributed by atoms with E-state index in [0.717, 1.165) is 17.7 Å². The van der Waals surface area contributed by atoms with Crippen LogP contribution < -0.4 is 10.6 Å². The first-order valence-electron chi connectivity index (χ1n) is 6.05. The number of benzene rings is 1. The number of fused-ring (bicyclic) bond motifs is 2. The molecule has 16 heavy (non-hydrogen) atoms. The summed E-state index contributed by atoms with van der Waals surface area (Å²) in [5.74, 6) is 0. The van der Waals surface area contributed by atoms with Gasteiger partial charge >= 0.3 is 0 Å². The van der Waals surface area contributed by atoms with Crippen molar-refractivity contribution in [2.45, 2.75) is 46.0 Å². The third-order valence-electron chi connectivity index (χ3n) is 2.97. The van der Waals surface area contributed by atoms with Gasteiger partial charge in [0.1, 0.15) is 0 Å². The molecule has 0 spiro atoms. The number of halogens is 1. The van der Waals surface area contributed by atoms with Crippen molar-refractivity contribution < 1.29 is 4.39 Å². The number of nitrogens with one attached hydrogen (secondary N) is 2. The Labute approximate surface area is 96.2 Å². The topological polar surface area (TPSA) is 24.1 Å². The average molecular weight is 222 g/mol. The minimum Gasteiger partial charge on any atom is -0.382 e. The lowest BCUT2D eigenvalue weighted by Gasteiger charge is -2.04. The molecule has 2 heterocycles. The highest BCUT2D eigenvalue weighted by atomic mass is 19.1. The second-order valence-electron chi connectivity index (χ2n) is 4.23. The molecule has 0 aliphatic carbocycles. The maximum absolute atomic E-state index is 13.0. The van der Waals surface area contributed by atoms with Crippen LogP contribution in [0, 0.1) is 0 Å². The van der Waals surface area contributed by atoms with Crippen molar-refractivity contribution in [3.8, 4) is 0 Å². The zero-order valence-corrected chi connectivity index (χ0v) is 10.1. The van der Waals surface area contributed by atoms with Crippen molar-refractivity contribution in [2.75, 3.05) is 10.6 Å². The predicted molar refractivity (Wildman–Crippen MR) is 66.8 cm³/mol. The summed E-state index contributed by atoms with van der Waals surface area (Å²) in [5.41, 5.74) is 4.56. The molecule has 0 aromatic heterocycles. The summed E-state index contributed by atoms with van der Waals surface area (Å²) in [6.07, 6.45) is 0.643. The Balaban J connectivity index is 0.000000457. The van der Waals surface area contributed by atoms with E-state index in [1.165, 1.54) is 11.3 Å². The van der Waals surface area contributed by atoms with Crippen LogP contribution in [0.1, 0.15) is 31.9 Å². The van der Waals surface area contributed by atoms with Gasteiger partial charge < -0.3 is 10.6 Å².